The van der Waals surface area contributed by atoms with Crippen molar-refractivity contribution in [2.75, 3.05) is 17.2 Å². The first-order chi connectivity index (χ1) is 15.8. The average molecular weight is 447 g/mol. The summed E-state index contributed by atoms with van der Waals surface area (Å²) in [6.07, 6.45) is 2.80. The van der Waals surface area contributed by atoms with E-state index in [0.29, 0.717) is 25.3 Å². The molecule has 0 radical (unpaired) electrons. The summed E-state index contributed by atoms with van der Waals surface area (Å²) in [6.45, 7) is 1.82. The van der Waals surface area contributed by atoms with E-state index in [4.69, 9.17) is 16.6 Å². The fourth-order valence-electron chi connectivity index (χ4n) is 4.37. The minimum atomic E-state index is -0.790. The van der Waals surface area contributed by atoms with Crippen molar-refractivity contribution in [2.45, 2.75) is 25.9 Å². The van der Waals surface area contributed by atoms with Crippen molar-refractivity contribution in [3.8, 4) is 0 Å². The van der Waals surface area contributed by atoms with Crippen molar-refractivity contribution in [1.82, 2.24) is 4.57 Å². The Bertz CT molecular complexity index is 1410. The summed E-state index contributed by atoms with van der Waals surface area (Å²) in [4.78, 5) is 35.2. The van der Waals surface area contributed by atoms with Crippen LogP contribution in [0.4, 0.5) is 11.4 Å². The number of fused-ring (bicyclic) bond motifs is 2. The number of aryl methyl sites for hydroxylation is 1. The number of nitrogens with zero attached hydrogens (tertiary/aromatic N) is 2. The predicted octanol–water partition coefficient (Wildman–Crippen LogP) is 1.69. The van der Waals surface area contributed by atoms with Crippen molar-refractivity contribution < 1.29 is 9.90 Å². The Morgan fingerprint density at radius 3 is 2.55 bits per heavy atom. The molecule has 0 bridgehead atoms. The summed E-state index contributed by atoms with van der Waals surface area (Å²) in [5.74, 6) is -0.790. The molecule has 5 rings (SSSR count). The highest BCUT2D eigenvalue weighted by Crippen LogP contribution is 2.26. The lowest BCUT2D eigenvalue weighted by molar-refractivity contribution is -0.136. The summed E-state index contributed by atoms with van der Waals surface area (Å²) in [5, 5.41) is 9.75. The van der Waals surface area contributed by atoms with Gasteiger partial charge in [-0.1, -0.05) is 36.4 Å². The topological polar surface area (TPSA) is 132 Å². The standard InChI is InChI=1S/C14H15N3O2.C11H11NO2/c15-6-8-1-2-9-3-4-17(7-10(9)5-8)12-11(16)13(18)14(12)19;1-12-7-8(6-11(13)14)9-4-2-3-5-10(9)12/h1-2,5H,3-4,6-7,15-16H2;2-5,7H,6H2,1H3,(H,13,14). The SMILES string of the molecule is Cn1cc(CC(=O)O)c2ccccc21.NCc1ccc2c(c1)CN(c1c(N)c(=O)c1=O)CC2. The average Bonchev–Trinajstić information content (AvgIpc) is 3.13. The Kier molecular flexibility index (Phi) is 6.02. The molecule has 0 unspecified atom stereocenters. The van der Waals surface area contributed by atoms with Crippen LogP contribution in [0.1, 0.15) is 22.3 Å². The van der Waals surface area contributed by atoms with Crippen molar-refractivity contribution >= 4 is 28.2 Å². The molecule has 8 heteroatoms. The maximum Gasteiger partial charge on any atom is 0.307 e. The number of hydrogen-bond acceptors (Lipinski definition) is 6. The molecule has 0 saturated carbocycles. The summed E-state index contributed by atoms with van der Waals surface area (Å²) in [7, 11) is 1.92. The van der Waals surface area contributed by atoms with Gasteiger partial charge in [0.1, 0.15) is 11.4 Å². The number of carbonyl (C=O) groups is 1. The maximum absolute atomic E-state index is 11.6. The highest BCUT2D eigenvalue weighted by molar-refractivity contribution is 5.87. The molecule has 0 amide bonds. The lowest BCUT2D eigenvalue weighted by Gasteiger charge is -2.31. The molecule has 33 heavy (non-hydrogen) atoms. The number of nitrogen functional groups attached to an aromatic ring is 1. The number of rotatable bonds is 4. The highest BCUT2D eigenvalue weighted by atomic mass is 16.4. The molecular formula is C25H26N4O4. The third-order valence-electron chi connectivity index (χ3n) is 6.08. The Labute approximate surface area is 190 Å². The van der Waals surface area contributed by atoms with Crippen molar-refractivity contribution in [3.63, 3.8) is 0 Å². The number of aromatic nitrogens is 1. The van der Waals surface area contributed by atoms with Gasteiger partial charge in [0.15, 0.2) is 0 Å². The number of anilines is 2. The number of nitrogens with two attached hydrogens (primary N) is 2. The van der Waals surface area contributed by atoms with Gasteiger partial charge in [0.25, 0.3) is 10.9 Å². The molecule has 0 aliphatic carbocycles. The fraction of sp³-hybridized carbons (Fsp3) is 0.240. The Balaban J connectivity index is 0.000000165. The largest absolute Gasteiger partial charge is 0.481 e. The second-order valence-electron chi connectivity index (χ2n) is 8.25. The van der Waals surface area contributed by atoms with Gasteiger partial charge in [-0.25, -0.2) is 0 Å². The second kappa shape index (κ2) is 8.91. The summed E-state index contributed by atoms with van der Waals surface area (Å²) >= 11 is 0. The number of carboxylic acids is 1. The first-order valence-electron chi connectivity index (χ1n) is 10.7. The zero-order chi connectivity index (χ0) is 23.7. The molecule has 5 N–H and O–H groups in total. The summed E-state index contributed by atoms with van der Waals surface area (Å²) in [6, 6.07) is 14.0. The van der Waals surface area contributed by atoms with E-state index in [1.165, 1.54) is 5.56 Å². The number of benzene rings is 2. The van der Waals surface area contributed by atoms with Crippen LogP contribution in [0.3, 0.4) is 0 Å². The monoisotopic (exact) mass is 446 g/mol. The van der Waals surface area contributed by atoms with Crippen LogP contribution in [0.2, 0.25) is 0 Å². The van der Waals surface area contributed by atoms with Crippen LogP contribution in [-0.2, 0) is 37.8 Å². The van der Waals surface area contributed by atoms with Gasteiger partial charge in [-0.15, -0.1) is 0 Å². The number of hydrogen-bond donors (Lipinski definition) is 3. The van der Waals surface area contributed by atoms with Crippen LogP contribution >= 0.6 is 0 Å². The van der Waals surface area contributed by atoms with E-state index in [1.807, 2.05) is 53.0 Å². The van der Waals surface area contributed by atoms with E-state index in [0.717, 1.165) is 34.0 Å². The van der Waals surface area contributed by atoms with Gasteiger partial charge in [0.05, 0.1) is 6.42 Å². The minimum absolute atomic E-state index is 0.0847. The zero-order valence-corrected chi connectivity index (χ0v) is 18.4. The zero-order valence-electron chi connectivity index (χ0n) is 18.4. The van der Waals surface area contributed by atoms with Crippen LogP contribution in [0.15, 0.2) is 58.3 Å². The van der Waals surface area contributed by atoms with Crippen LogP contribution in [-0.4, -0.2) is 22.2 Å². The van der Waals surface area contributed by atoms with Gasteiger partial charge in [0, 0.05) is 43.8 Å². The second-order valence-corrected chi connectivity index (χ2v) is 8.25. The predicted molar refractivity (Wildman–Crippen MR) is 129 cm³/mol. The molecule has 8 nitrogen and oxygen atoms in total. The molecule has 2 heterocycles. The normalized spacial score (nSPS) is 13.0. The lowest BCUT2D eigenvalue weighted by atomic mass is 9.96. The third kappa shape index (κ3) is 4.25. The van der Waals surface area contributed by atoms with Gasteiger partial charge in [0.2, 0.25) is 0 Å². The molecule has 1 aliphatic rings. The van der Waals surface area contributed by atoms with Crippen molar-refractivity contribution in [3.05, 3.63) is 91.4 Å². The molecule has 0 saturated heterocycles. The van der Waals surface area contributed by atoms with Crippen molar-refractivity contribution in [1.29, 1.82) is 0 Å². The Hall–Kier alpha value is -3.91. The molecule has 170 valence electrons. The van der Waals surface area contributed by atoms with Crippen LogP contribution in [0, 0.1) is 0 Å². The van der Waals surface area contributed by atoms with Crippen LogP contribution in [0.25, 0.3) is 10.9 Å². The lowest BCUT2D eigenvalue weighted by Crippen LogP contribution is -2.44. The number of aliphatic carboxylic acids is 1. The number of carboxylic acid groups (broad SMARTS) is 1. The maximum atomic E-state index is 11.6. The van der Waals surface area contributed by atoms with E-state index >= 15 is 0 Å². The highest BCUT2D eigenvalue weighted by Gasteiger charge is 2.26. The smallest absolute Gasteiger partial charge is 0.307 e. The molecule has 0 fully saturated rings. The van der Waals surface area contributed by atoms with E-state index in [9.17, 15) is 14.4 Å². The Morgan fingerprint density at radius 1 is 1.09 bits per heavy atom. The molecule has 1 aliphatic heterocycles. The van der Waals surface area contributed by atoms with E-state index < -0.39 is 16.8 Å². The van der Waals surface area contributed by atoms with Crippen LogP contribution in [0.5, 0.6) is 0 Å². The van der Waals surface area contributed by atoms with Gasteiger partial charge >= 0.3 is 5.97 Å². The first kappa shape index (κ1) is 22.3. The molecule has 4 aromatic rings. The third-order valence-corrected chi connectivity index (χ3v) is 6.08. The van der Waals surface area contributed by atoms with Gasteiger partial charge in [-0.05, 0) is 34.7 Å². The van der Waals surface area contributed by atoms with Gasteiger partial charge < -0.3 is 26.0 Å². The van der Waals surface area contributed by atoms with E-state index in [1.54, 1.807) is 0 Å². The number of para-hydroxylation sites is 1. The molecule has 0 atom stereocenters. The van der Waals surface area contributed by atoms with E-state index in [2.05, 4.69) is 12.1 Å². The van der Waals surface area contributed by atoms with Gasteiger partial charge in [-0.2, -0.15) is 0 Å². The van der Waals surface area contributed by atoms with Crippen molar-refractivity contribution in [2.24, 2.45) is 12.8 Å². The molecule has 0 spiro atoms. The molecular weight excluding hydrogens is 420 g/mol. The van der Waals surface area contributed by atoms with Crippen LogP contribution < -0.4 is 27.2 Å². The van der Waals surface area contributed by atoms with E-state index in [-0.39, 0.29) is 12.1 Å². The molecule has 3 aromatic carbocycles. The first-order valence-corrected chi connectivity index (χ1v) is 10.7. The minimum Gasteiger partial charge on any atom is -0.481 e. The summed E-state index contributed by atoms with van der Waals surface area (Å²) < 4.78 is 1.95. The Morgan fingerprint density at radius 2 is 1.85 bits per heavy atom. The molecule has 1 aromatic heterocycles. The van der Waals surface area contributed by atoms with Gasteiger partial charge in [-0.3, -0.25) is 14.4 Å². The quantitative estimate of drug-likeness (QED) is 0.407. The summed E-state index contributed by atoms with van der Waals surface area (Å²) in [5.41, 5.74) is 16.1. The fourth-order valence-corrected chi connectivity index (χ4v) is 4.37.